The maximum Gasteiger partial charge on any atom is 0.238 e. The Morgan fingerprint density at radius 2 is 2.47 bits per heavy atom. The number of fused-ring (bicyclic) bond motifs is 3. The quantitative estimate of drug-likeness (QED) is 0.671. The van der Waals surface area contributed by atoms with Crippen molar-refractivity contribution in [3.8, 4) is 5.88 Å². The summed E-state index contributed by atoms with van der Waals surface area (Å²) in [5.41, 5.74) is 6.92. The van der Waals surface area contributed by atoms with E-state index in [1.54, 1.807) is 17.2 Å². The van der Waals surface area contributed by atoms with Crippen molar-refractivity contribution in [2.75, 3.05) is 17.2 Å². The molecule has 2 N–H and O–H groups in total. The van der Waals surface area contributed by atoms with E-state index in [1.807, 2.05) is 0 Å². The summed E-state index contributed by atoms with van der Waals surface area (Å²) in [5, 5.41) is 0. The predicted octanol–water partition coefficient (Wildman–Crippen LogP) is 0.552. The number of nitrogens with two attached hydrogens (primary N) is 1. The van der Waals surface area contributed by atoms with Gasteiger partial charge in [0.1, 0.15) is 12.3 Å². The Hall–Kier alpha value is -1.78. The number of anilines is 2. The monoisotopic (exact) mass is 205 g/mol. The first kappa shape index (κ1) is 8.52. The van der Waals surface area contributed by atoms with Crippen LogP contribution < -0.4 is 15.4 Å². The van der Waals surface area contributed by atoms with Crippen LogP contribution in [0.1, 0.15) is 12.8 Å². The third-order valence-electron chi connectivity index (χ3n) is 2.85. The van der Waals surface area contributed by atoms with Gasteiger partial charge in [-0.15, -0.1) is 0 Å². The Balaban J connectivity index is 2.12. The van der Waals surface area contributed by atoms with Crippen LogP contribution in [-0.4, -0.2) is 23.5 Å². The van der Waals surface area contributed by atoms with Gasteiger partial charge in [-0.05, 0) is 12.5 Å². The summed E-state index contributed by atoms with van der Waals surface area (Å²) in [6.45, 7) is 0.537. The summed E-state index contributed by atoms with van der Waals surface area (Å²) in [7, 11) is 0. The fourth-order valence-electron chi connectivity index (χ4n) is 2.15. The maximum absolute atomic E-state index is 11.7. The average molecular weight is 205 g/mol. The Morgan fingerprint density at radius 1 is 1.60 bits per heavy atom. The molecular weight excluding hydrogens is 194 g/mol. The number of aromatic nitrogens is 1. The summed E-state index contributed by atoms with van der Waals surface area (Å²) in [4.78, 5) is 17.5. The molecule has 0 saturated carbocycles. The van der Waals surface area contributed by atoms with Crippen LogP contribution in [0.2, 0.25) is 0 Å². The molecule has 0 aliphatic carbocycles. The van der Waals surface area contributed by atoms with E-state index < -0.39 is 0 Å². The molecule has 5 heteroatoms. The summed E-state index contributed by atoms with van der Waals surface area (Å²) in [6.07, 6.45) is 2.98. The minimum Gasteiger partial charge on any atom is -0.474 e. The van der Waals surface area contributed by atoms with Gasteiger partial charge in [0.15, 0.2) is 0 Å². The molecule has 1 atom stereocenters. The lowest BCUT2D eigenvalue weighted by molar-refractivity contribution is -0.117. The van der Waals surface area contributed by atoms with E-state index in [4.69, 9.17) is 10.5 Å². The van der Waals surface area contributed by atoms with E-state index in [0.717, 1.165) is 6.42 Å². The van der Waals surface area contributed by atoms with Gasteiger partial charge in [0.2, 0.25) is 11.8 Å². The number of ether oxygens (including phenoxy) is 1. The smallest absolute Gasteiger partial charge is 0.238 e. The zero-order valence-electron chi connectivity index (χ0n) is 8.14. The van der Waals surface area contributed by atoms with Crippen LogP contribution in [0, 0.1) is 0 Å². The topological polar surface area (TPSA) is 68.5 Å². The first-order valence-corrected chi connectivity index (χ1v) is 4.96. The van der Waals surface area contributed by atoms with Crippen molar-refractivity contribution in [2.24, 2.45) is 0 Å². The highest BCUT2D eigenvalue weighted by Crippen LogP contribution is 2.37. The lowest BCUT2D eigenvalue weighted by atomic mass is 10.2. The van der Waals surface area contributed by atoms with Crippen molar-refractivity contribution in [1.29, 1.82) is 0 Å². The number of hydrogen-bond acceptors (Lipinski definition) is 4. The van der Waals surface area contributed by atoms with Gasteiger partial charge in [0.05, 0.1) is 17.9 Å². The molecule has 1 saturated heterocycles. The van der Waals surface area contributed by atoms with Crippen LogP contribution in [0.3, 0.4) is 0 Å². The molecule has 1 aromatic heterocycles. The van der Waals surface area contributed by atoms with Gasteiger partial charge in [-0.2, -0.15) is 0 Å². The summed E-state index contributed by atoms with van der Waals surface area (Å²) in [6, 6.07) is 1.91. The first-order chi connectivity index (χ1) is 7.25. The number of nitrogens with zero attached hydrogens (tertiary/aromatic N) is 2. The number of pyridine rings is 1. The average Bonchev–Trinajstić information content (AvgIpc) is 2.60. The van der Waals surface area contributed by atoms with E-state index in [-0.39, 0.29) is 11.9 Å². The molecule has 1 fully saturated rings. The molecule has 0 radical (unpaired) electrons. The molecule has 1 amide bonds. The Kier molecular flexibility index (Phi) is 1.62. The van der Waals surface area contributed by atoms with Crippen LogP contribution >= 0.6 is 0 Å². The lowest BCUT2D eigenvalue weighted by Crippen LogP contribution is -2.40. The zero-order chi connectivity index (χ0) is 10.4. The van der Waals surface area contributed by atoms with E-state index in [2.05, 4.69) is 4.98 Å². The number of rotatable bonds is 0. The second-order valence-electron chi connectivity index (χ2n) is 3.86. The van der Waals surface area contributed by atoms with Crippen LogP contribution in [-0.2, 0) is 4.79 Å². The Morgan fingerprint density at radius 3 is 3.33 bits per heavy atom. The molecule has 3 rings (SSSR count). The van der Waals surface area contributed by atoms with Crippen molar-refractivity contribution < 1.29 is 9.53 Å². The molecule has 0 spiro atoms. The van der Waals surface area contributed by atoms with Gasteiger partial charge >= 0.3 is 0 Å². The third-order valence-corrected chi connectivity index (χ3v) is 2.85. The molecule has 0 bridgehead atoms. The standard InChI is InChI=1S/C10H11N3O2/c11-6-3-8-10(12-4-6)15-5-7-1-2-9(14)13(7)8/h3-4,7H,1-2,5,11H2/t7-/m1/s1. The van der Waals surface area contributed by atoms with Gasteiger partial charge in [0.25, 0.3) is 0 Å². The number of carbonyl (C=O) groups is 1. The van der Waals surface area contributed by atoms with E-state index in [0.29, 0.717) is 30.3 Å². The van der Waals surface area contributed by atoms with Crippen molar-refractivity contribution in [1.82, 2.24) is 4.98 Å². The minimum atomic E-state index is 0.136. The van der Waals surface area contributed by atoms with Crippen molar-refractivity contribution in [3.63, 3.8) is 0 Å². The largest absolute Gasteiger partial charge is 0.474 e. The first-order valence-electron chi connectivity index (χ1n) is 4.96. The van der Waals surface area contributed by atoms with Gasteiger partial charge in [-0.1, -0.05) is 0 Å². The SMILES string of the molecule is Nc1cnc2c(c1)N1C(=O)CC[C@@H]1CO2. The second kappa shape index (κ2) is 2.85. The van der Waals surface area contributed by atoms with Crippen LogP contribution in [0.15, 0.2) is 12.3 Å². The Labute approximate surface area is 86.8 Å². The zero-order valence-corrected chi connectivity index (χ0v) is 8.14. The molecule has 1 aromatic rings. The predicted molar refractivity (Wildman–Crippen MR) is 54.7 cm³/mol. The van der Waals surface area contributed by atoms with E-state index in [1.165, 1.54) is 0 Å². The Bertz CT molecular complexity index is 433. The number of nitrogen functional groups attached to an aromatic ring is 1. The van der Waals surface area contributed by atoms with E-state index in [9.17, 15) is 4.79 Å². The molecule has 3 heterocycles. The molecule has 2 aliphatic rings. The van der Waals surface area contributed by atoms with E-state index >= 15 is 0 Å². The lowest BCUT2D eigenvalue weighted by Gasteiger charge is -2.30. The maximum atomic E-state index is 11.7. The fraction of sp³-hybridized carbons (Fsp3) is 0.400. The highest BCUT2D eigenvalue weighted by molar-refractivity contribution is 5.98. The number of hydrogen-bond donors (Lipinski definition) is 1. The van der Waals surface area contributed by atoms with Crippen LogP contribution in [0.5, 0.6) is 5.88 Å². The van der Waals surface area contributed by atoms with Crippen molar-refractivity contribution >= 4 is 17.3 Å². The fourth-order valence-corrected chi connectivity index (χ4v) is 2.15. The van der Waals surface area contributed by atoms with Gasteiger partial charge in [0, 0.05) is 6.42 Å². The molecule has 0 aromatic carbocycles. The molecule has 2 aliphatic heterocycles. The molecule has 0 unspecified atom stereocenters. The molecule has 78 valence electrons. The van der Waals surface area contributed by atoms with Crippen LogP contribution in [0.25, 0.3) is 0 Å². The molecule has 5 nitrogen and oxygen atoms in total. The molecular formula is C10H11N3O2. The normalized spacial score (nSPS) is 23.3. The second-order valence-corrected chi connectivity index (χ2v) is 3.86. The van der Waals surface area contributed by atoms with Crippen LogP contribution in [0.4, 0.5) is 11.4 Å². The number of carbonyl (C=O) groups excluding carboxylic acids is 1. The van der Waals surface area contributed by atoms with Crippen molar-refractivity contribution in [3.05, 3.63) is 12.3 Å². The summed E-state index contributed by atoms with van der Waals surface area (Å²) >= 11 is 0. The van der Waals surface area contributed by atoms with Gasteiger partial charge < -0.3 is 15.4 Å². The summed E-state index contributed by atoms with van der Waals surface area (Å²) < 4.78 is 5.48. The highest BCUT2D eigenvalue weighted by Gasteiger charge is 2.38. The van der Waals surface area contributed by atoms with Gasteiger partial charge in [-0.25, -0.2) is 4.98 Å². The molecule has 15 heavy (non-hydrogen) atoms. The highest BCUT2D eigenvalue weighted by atomic mass is 16.5. The summed E-state index contributed by atoms with van der Waals surface area (Å²) in [5.74, 6) is 0.646. The number of amides is 1. The van der Waals surface area contributed by atoms with Crippen molar-refractivity contribution in [2.45, 2.75) is 18.9 Å². The third kappa shape index (κ3) is 1.16. The minimum absolute atomic E-state index is 0.136. The van der Waals surface area contributed by atoms with Gasteiger partial charge in [-0.3, -0.25) is 4.79 Å².